The molecule has 0 bridgehead atoms. The van der Waals surface area contributed by atoms with E-state index in [9.17, 15) is 13.2 Å². The minimum absolute atomic E-state index is 0.250. The van der Waals surface area contributed by atoms with Gasteiger partial charge in [0.1, 0.15) is 18.9 Å². The van der Waals surface area contributed by atoms with Gasteiger partial charge in [0.25, 0.3) is 0 Å². The summed E-state index contributed by atoms with van der Waals surface area (Å²) >= 11 is 5.85. The van der Waals surface area contributed by atoms with Crippen molar-refractivity contribution in [2.45, 2.75) is 0 Å². The molecular weight excluding hydrogens is 412 g/mol. The van der Waals surface area contributed by atoms with Gasteiger partial charge in [-0.3, -0.25) is 9.10 Å². The summed E-state index contributed by atoms with van der Waals surface area (Å²) < 4.78 is 31.0. The molecule has 0 atom stereocenters. The smallest absolute Gasteiger partial charge is 0.240 e. The molecule has 3 aromatic rings. The van der Waals surface area contributed by atoms with Crippen LogP contribution in [0.3, 0.4) is 0 Å². The molecular formula is C21H21ClN2O4S. The Hall–Kier alpha value is -2.77. The van der Waals surface area contributed by atoms with Crippen molar-refractivity contribution in [3.8, 4) is 5.75 Å². The number of ether oxygens (including phenoxy) is 1. The number of carbonyl (C=O) groups is 1. The Kier molecular flexibility index (Phi) is 6.61. The fourth-order valence-electron chi connectivity index (χ4n) is 2.87. The first-order valence-corrected chi connectivity index (χ1v) is 11.2. The molecule has 3 aromatic carbocycles. The second-order valence-corrected chi connectivity index (χ2v) is 8.76. The molecule has 152 valence electrons. The molecule has 0 unspecified atom stereocenters. The summed E-state index contributed by atoms with van der Waals surface area (Å²) in [4.78, 5) is 12.3. The molecule has 0 fully saturated rings. The second-order valence-electron chi connectivity index (χ2n) is 6.42. The van der Waals surface area contributed by atoms with Crippen molar-refractivity contribution in [2.75, 3.05) is 30.3 Å². The first-order chi connectivity index (χ1) is 13.8. The summed E-state index contributed by atoms with van der Waals surface area (Å²) in [7, 11) is -3.63. The van der Waals surface area contributed by atoms with Crippen molar-refractivity contribution < 1.29 is 17.9 Å². The molecule has 29 heavy (non-hydrogen) atoms. The predicted octanol–water partition coefficient (Wildman–Crippen LogP) is 3.45. The lowest BCUT2D eigenvalue weighted by atomic mass is 10.1. The molecule has 0 radical (unpaired) electrons. The Labute approximate surface area is 175 Å². The summed E-state index contributed by atoms with van der Waals surface area (Å²) in [6.45, 7) is 0.189. The number of benzene rings is 3. The molecule has 1 N–H and O–H groups in total. The Morgan fingerprint density at radius 2 is 1.72 bits per heavy atom. The van der Waals surface area contributed by atoms with E-state index in [4.69, 9.17) is 16.3 Å². The number of rotatable bonds is 8. The number of amides is 1. The molecule has 3 rings (SSSR count). The highest BCUT2D eigenvalue weighted by atomic mass is 35.5. The highest BCUT2D eigenvalue weighted by molar-refractivity contribution is 7.92. The molecule has 0 aliphatic rings. The molecule has 6 nitrogen and oxygen atoms in total. The van der Waals surface area contributed by atoms with Gasteiger partial charge in [-0.2, -0.15) is 0 Å². The van der Waals surface area contributed by atoms with E-state index in [2.05, 4.69) is 5.32 Å². The Bertz CT molecular complexity index is 1100. The Morgan fingerprint density at radius 3 is 2.45 bits per heavy atom. The van der Waals surface area contributed by atoms with Crippen molar-refractivity contribution in [1.29, 1.82) is 0 Å². The molecule has 0 aliphatic heterocycles. The monoisotopic (exact) mass is 432 g/mol. The van der Waals surface area contributed by atoms with Crippen molar-refractivity contribution in [3.05, 3.63) is 71.8 Å². The van der Waals surface area contributed by atoms with E-state index in [1.807, 2.05) is 42.5 Å². The van der Waals surface area contributed by atoms with Gasteiger partial charge >= 0.3 is 0 Å². The fraction of sp³-hybridized carbons (Fsp3) is 0.190. The maximum absolute atomic E-state index is 12.3. The van der Waals surface area contributed by atoms with Crippen LogP contribution in [0.5, 0.6) is 5.75 Å². The minimum atomic E-state index is -3.63. The Balaban J connectivity index is 1.56. The summed E-state index contributed by atoms with van der Waals surface area (Å²) in [6.07, 6.45) is 1.05. The Morgan fingerprint density at radius 1 is 1.03 bits per heavy atom. The molecule has 0 aromatic heterocycles. The normalized spacial score (nSPS) is 11.2. The van der Waals surface area contributed by atoms with Crippen molar-refractivity contribution in [2.24, 2.45) is 0 Å². The van der Waals surface area contributed by atoms with E-state index < -0.39 is 15.9 Å². The van der Waals surface area contributed by atoms with Crippen molar-refractivity contribution >= 4 is 44.0 Å². The number of nitrogens with zero attached hydrogens (tertiary/aromatic N) is 1. The van der Waals surface area contributed by atoms with Gasteiger partial charge in [0.05, 0.1) is 18.5 Å². The summed E-state index contributed by atoms with van der Waals surface area (Å²) in [5.41, 5.74) is 0.374. The lowest BCUT2D eigenvalue weighted by molar-refractivity contribution is -0.119. The number of hydrogen-bond donors (Lipinski definition) is 1. The van der Waals surface area contributed by atoms with Crippen LogP contribution in [0.1, 0.15) is 0 Å². The largest absolute Gasteiger partial charge is 0.491 e. The summed E-state index contributed by atoms with van der Waals surface area (Å²) in [5.74, 6) is 0.308. The SMILES string of the molecule is CS(=O)(=O)N(CC(=O)NCCOc1cccc2ccccc12)c1ccc(Cl)cc1. The van der Waals surface area contributed by atoms with Crippen LogP contribution in [0, 0.1) is 0 Å². The van der Waals surface area contributed by atoms with Gasteiger partial charge in [-0.15, -0.1) is 0 Å². The van der Waals surface area contributed by atoms with E-state index in [0.717, 1.165) is 27.1 Å². The van der Waals surface area contributed by atoms with Crippen LogP contribution in [-0.4, -0.2) is 40.3 Å². The molecule has 0 saturated heterocycles. The number of carbonyl (C=O) groups excluding carboxylic acids is 1. The lowest BCUT2D eigenvalue weighted by Crippen LogP contribution is -2.41. The van der Waals surface area contributed by atoms with E-state index >= 15 is 0 Å². The molecule has 8 heteroatoms. The first-order valence-electron chi connectivity index (χ1n) is 8.95. The van der Waals surface area contributed by atoms with Crippen molar-refractivity contribution in [3.63, 3.8) is 0 Å². The average Bonchev–Trinajstić information content (AvgIpc) is 2.69. The van der Waals surface area contributed by atoms with Gasteiger partial charge in [0.2, 0.25) is 15.9 Å². The standard InChI is InChI=1S/C21H21ClN2O4S/c1-29(26,27)24(18-11-9-17(22)10-12-18)15-21(25)23-13-14-28-20-8-4-6-16-5-2-3-7-19(16)20/h2-12H,13-15H2,1H3,(H,23,25). The lowest BCUT2D eigenvalue weighted by Gasteiger charge is -2.22. The number of halogens is 1. The van der Waals surface area contributed by atoms with Gasteiger partial charge in [0, 0.05) is 10.4 Å². The summed E-state index contributed by atoms with van der Waals surface area (Å²) in [5, 5.41) is 5.24. The quantitative estimate of drug-likeness (QED) is 0.553. The van der Waals surface area contributed by atoms with Gasteiger partial charge < -0.3 is 10.1 Å². The van der Waals surface area contributed by atoms with Crippen LogP contribution in [-0.2, 0) is 14.8 Å². The zero-order valence-electron chi connectivity index (χ0n) is 15.8. The van der Waals surface area contributed by atoms with Crippen LogP contribution in [0.2, 0.25) is 5.02 Å². The maximum atomic E-state index is 12.3. The second kappa shape index (κ2) is 9.15. The van der Waals surface area contributed by atoms with Crippen molar-refractivity contribution in [1.82, 2.24) is 5.32 Å². The number of anilines is 1. The van der Waals surface area contributed by atoms with E-state index in [1.54, 1.807) is 24.3 Å². The number of fused-ring (bicyclic) bond motifs is 1. The van der Waals surface area contributed by atoms with E-state index in [0.29, 0.717) is 10.7 Å². The zero-order chi connectivity index (χ0) is 20.9. The molecule has 1 amide bonds. The molecule has 0 spiro atoms. The number of hydrogen-bond acceptors (Lipinski definition) is 4. The van der Waals surface area contributed by atoms with Crippen LogP contribution in [0.15, 0.2) is 66.7 Å². The topological polar surface area (TPSA) is 75.7 Å². The average molecular weight is 433 g/mol. The van der Waals surface area contributed by atoms with Gasteiger partial charge in [-0.1, -0.05) is 48.0 Å². The van der Waals surface area contributed by atoms with Crippen LogP contribution < -0.4 is 14.4 Å². The van der Waals surface area contributed by atoms with Crippen LogP contribution in [0.25, 0.3) is 10.8 Å². The molecule has 0 saturated carbocycles. The molecule has 0 aliphatic carbocycles. The predicted molar refractivity (Wildman–Crippen MR) is 116 cm³/mol. The van der Waals surface area contributed by atoms with E-state index in [1.165, 1.54) is 0 Å². The highest BCUT2D eigenvalue weighted by Gasteiger charge is 2.20. The third-order valence-electron chi connectivity index (χ3n) is 4.23. The number of nitrogens with one attached hydrogen (secondary N) is 1. The fourth-order valence-corrected chi connectivity index (χ4v) is 3.85. The zero-order valence-corrected chi connectivity index (χ0v) is 17.4. The van der Waals surface area contributed by atoms with Gasteiger partial charge in [0.15, 0.2) is 0 Å². The molecule has 0 heterocycles. The van der Waals surface area contributed by atoms with Gasteiger partial charge in [-0.25, -0.2) is 8.42 Å². The maximum Gasteiger partial charge on any atom is 0.240 e. The summed E-state index contributed by atoms with van der Waals surface area (Å²) in [6, 6.07) is 19.9. The first kappa shape index (κ1) is 21.0. The third kappa shape index (κ3) is 5.62. The highest BCUT2D eigenvalue weighted by Crippen LogP contribution is 2.25. The number of sulfonamides is 1. The van der Waals surface area contributed by atoms with Gasteiger partial charge in [-0.05, 0) is 35.7 Å². The minimum Gasteiger partial charge on any atom is -0.491 e. The third-order valence-corrected chi connectivity index (χ3v) is 5.63. The van der Waals surface area contributed by atoms with Crippen LogP contribution >= 0.6 is 11.6 Å². The van der Waals surface area contributed by atoms with E-state index in [-0.39, 0.29) is 19.7 Å². The van der Waals surface area contributed by atoms with Crippen LogP contribution in [0.4, 0.5) is 5.69 Å².